The van der Waals surface area contributed by atoms with Crippen molar-refractivity contribution in [2.75, 3.05) is 44.8 Å². The monoisotopic (exact) mass is 390 g/mol. The molecule has 0 bridgehead atoms. The topological polar surface area (TPSA) is 92.8 Å². The van der Waals surface area contributed by atoms with Gasteiger partial charge in [-0.25, -0.2) is 16.8 Å². The Balaban J connectivity index is 1.97. The van der Waals surface area contributed by atoms with E-state index in [1.807, 2.05) is 7.05 Å². The summed E-state index contributed by atoms with van der Waals surface area (Å²) in [5.41, 5.74) is 0. The number of rotatable bonds is 9. The third-order valence-corrected chi connectivity index (χ3v) is 7.85. The van der Waals surface area contributed by atoms with Crippen LogP contribution in [0.15, 0.2) is 29.2 Å². The maximum absolute atomic E-state index is 12.7. The van der Waals surface area contributed by atoms with Gasteiger partial charge in [0.15, 0.2) is 9.84 Å². The van der Waals surface area contributed by atoms with E-state index in [2.05, 4.69) is 5.32 Å². The number of nitrogens with one attached hydrogen (secondary N) is 1. The van der Waals surface area contributed by atoms with Crippen molar-refractivity contribution >= 4 is 19.9 Å². The van der Waals surface area contributed by atoms with Crippen LogP contribution in [0, 0.1) is 5.92 Å². The summed E-state index contributed by atoms with van der Waals surface area (Å²) in [7, 11) is -4.71. The van der Waals surface area contributed by atoms with Gasteiger partial charge in [-0.15, -0.1) is 0 Å². The molecule has 1 fully saturated rings. The molecule has 1 unspecified atom stereocenters. The Hall–Kier alpha value is -1.16. The summed E-state index contributed by atoms with van der Waals surface area (Å²) in [6, 6.07) is 6.13. The van der Waals surface area contributed by atoms with Crippen molar-refractivity contribution in [3.05, 3.63) is 24.3 Å². The van der Waals surface area contributed by atoms with Crippen LogP contribution in [-0.2, 0) is 19.9 Å². The minimum Gasteiger partial charge on any atom is -0.493 e. The molecular formula is C16H26N2O5S2. The fourth-order valence-corrected chi connectivity index (χ4v) is 4.92. The van der Waals surface area contributed by atoms with Crippen molar-refractivity contribution in [1.82, 2.24) is 9.62 Å². The van der Waals surface area contributed by atoms with Crippen LogP contribution in [-0.4, -0.2) is 65.9 Å². The normalized spacial score (nSPS) is 19.2. The number of hydrogen-bond acceptors (Lipinski definition) is 6. The fourth-order valence-electron chi connectivity index (χ4n) is 2.76. The predicted molar refractivity (Wildman–Crippen MR) is 97.1 cm³/mol. The van der Waals surface area contributed by atoms with Crippen LogP contribution in [0.3, 0.4) is 0 Å². The Bertz CT molecular complexity index is 760. The lowest BCUT2D eigenvalue weighted by Gasteiger charge is -2.17. The van der Waals surface area contributed by atoms with Crippen LogP contribution in [0.4, 0.5) is 0 Å². The van der Waals surface area contributed by atoms with Crippen LogP contribution in [0.1, 0.15) is 13.3 Å². The zero-order chi connectivity index (χ0) is 18.5. The van der Waals surface area contributed by atoms with Gasteiger partial charge < -0.3 is 10.1 Å². The minimum absolute atomic E-state index is 0.0514. The summed E-state index contributed by atoms with van der Waals surface area (Å²) in [4.78, 5) is 0.228. The lowest BCUT2D eigenvalue weighted by Crippen LogP contribution is -2.30. The summed E-state index contributed by atoms with van der Waals surface area (Å²) in [5.74, 6) is 0.824. The van der Waals surface area contributed by atoms with Gasteiger partial charge in [0.2, 0.25) is 10.0 Å². The fraction of sp³-hybridized carbons (Fsp3) is 0.625. The molecule has 0 aliphatic carbocycles. The van der Waals surface area contributed by atoms with Crippen LogP contribution >= 0.6 is 0 Å². The van der Waals surface area contributed by atoms with Crippen molar-refractivity contribution in [3.63, 3.8) is 0 Å². The number of benzene rings is 1. The second-order valence-electron chi connectivity index (χ2n) is 6.13. The maximum Gasteiger partial charge on any atom is 0.243 e. The summed E-state index contributed by atoms with van der Waals surface area (Å²) in [5, 5.41) is 3.08. The molecule has 1 saturated heterocycles. The van der Waals surface area contributed by atoms with Gasteiger partial charge in [0.05, 0.1) is 10.6 Å². The van der Waals surface area contributed by atoms with Gasteiger partial charge >= 0.3 is 0 Å². The molecular weight excluding hydrogens is 364 g/mol. The van der Waals surface area contributed by atoms with Crippen LogP contribution in [0.5, 0.6) is 5.75 Å². The molecule has 1 aliphatic rings. The Morgan fingerprint density at radius 2 is 1.88 bits per heavy atom. The first kappa shape index (κ1) is 20.2. The van der Waals surface area contributed by atoms with E-state index in [0.29, 0.717) is 24.8 Å². The number of sulfonamides is 1. The van der Waals surface area contributed by atoms with Gasteiger partial charge in [0.25, 0.3) is 0 Å². The molecule has 142 valence electrons. The van der Waals surface area contributed by atoms with Crippen molar-refractivity contribution < 1.29 is 21.6 Å². The number of hydrogen-bond donors (Lipinski definition) is 1. The molecule has 1 N–H and O–H groups in total. The average Bonchev–Trinajstić information content (AvgIpc) is 3.05. The third-order valence-electron chi connectivity index (χ3n) is 4.31. The van der Waals surface area contributed by atoms with E-state index in [1.54, 1.807) is 19.1 Å². The maximum atomic E-state index is 12.7. The molecule has 1 aromatic carbocycles. The standard InChI is InChI=1S/C16H26N2O5S2/c1-3-24(19,20)11-10-23-15-4-6-16(7-5-15)25(21,22)18-9-8-14(13-18)12-17-2/h4-7,14,17H,3,8-13H2,1-2H3. The first-order valence-electron chi connectivity index (χ1n) is 8.36. The highest BCUT2D eigenvalue weighted by Gasteiger charge is 2.32. The van der Waals surface area contributed by atoms with Crippen molar-refractivity contribution in [1.29, 1.82) is 0 Å². The second-order valence-corrected chi connectivity index (χ2v) is 10.5. The number of sulfone groups is 1. The van der Waals surface area contributed by atoms with Crippen molar-refractivity contribution in [2.45, 2.75) is 18.2 Å². The van der Waals surface area contributed by atoms with E-state index in [4.69, 9.17) is 4.74 Å². The van der Waals surface area contributed by atoms with E-state index >= 15 is 0 Å². The summed E-state index contributed by atoms with van der Waals surface area (Å²) in [6.07, 6.45) is 0.854. The van der Waals surface area contributed by atoms with E-state index < -0.39 is 19.9 Å². The molecule has 9 heteroatoms. The minimum atomic E-state index is -3.50. The Morgan fingerprint density at radius 1 is 1.20 bits per heavy atom. The van der Waals surface area contributed by atoms with E-state index in [0.717, 1.165) is 13.0 Å². The van der Waals surface area contributed by atoms with Gasteiger partial charge in [0, 0.05) is 18.8 Å². The predicted octanol–water partition coefficient (Wildman–Crippen LogP) is 0.730. The Morgan fingerprint density at radius 3 is 2.48 bits per heavy atom. The first-order valence-corrected chi connectivity index (χ1v) is 11.6. The Labute approximate surface area is 150 Å². The zero-order valence-electron chi connectivity index (χ0n) is 14.6. The molecule has 0 radical (unpaired) electrons. The zero-order valence-corrected chi connectivity index (χ0v) is 16.3. The molecule has 0 spiro atoms. The van der Waals surface area contributed by atoms with E-state index in [-0.39, 0.29) is 23.0 Å². The van der Waals surface area contributed by atoms with Gasteiger partial charge in [-0.3, -0.25) is 0 Å². The molecule has 1 aromatic rings. The van der Waals surface area contributed by atoms with Crippen LogP contribution < -0.4 is 10.1 Å². The highest BCUT2D eigenvalue weighted by Crippen LogP contribution is 2.25. The molecule has 0 amide bonds. The van der Waals surface area contributed by atoms with Crippen molar-refractivity contribution in [2.24, 2.45) is 5.92 Å². The largest absolute Gasteiger partial charge is 0.493 e. The van der Waals surface area contributed by atoms with Crippen LogP contribution in [0.25, 0.3) is 0 Å². The van der Waals surface area contributed by atoms with Gasteiger partial charge in [-0.05, 0) is 50.2 Å². The smallest absolute Gasteiger partial charge is 0.243 e. The molecule has 0 aromatic heterocycles. The summed E-state index contributed by atoms with van der Waals surface area (Å²) in [6.45, 7) is 3.51. The van der Waals surface area contributed by atoms with Gasteiger partial charge in [-0.1, -0.05) is 6.92 Å². The number of nitrogens with zero attached hydrogens (tertiary/aromatic N) is 1. The first-order chi connectivity index (χ1) is 11.8. The molecule has 7 nitrogen and oxygen atoms in total. The molecule has 1 aliphatic heterocycles. The van der Waals surface area contributed by atoms with Crippen molar-refractivity contribution in [3.8, 4) is 5.75 Å². The number of ether oxygens (including phenoxy) is 1. The lowest BCUT2D eigenvalue weighted by molar-refractivity contribution is 0.340. The highest BCUT2D eigenvalue weighted by molar-refractivity contribution is 7.91. The third kappa shape index (κ3) is 5.40. The molecule has 2 rings (SSSR count). The van der Waals surface area contributed by atoms with E-state index in [9.17, 15) is 16.8 Å². The summed E-state index contributed by atoms with van der Waals surface area (Å²) >= 11 is 0. The summed E-state index contributed by atoms with van der Waals surface area (Å²) < 4.78 is 55.1. The second kappa shape index (κ2) is 8.48. The van der Waals surface area contributed by atoms with Gasteiger partial charge in [-0.2, -0.15) is 4.31 Å². The molecule has 1 heterocycles. The van der Waals surface area contributed by atoms with E-state index in [1.165, 1.54) is 16.4 Å². The SMILES string of the molecule is CCS(=O)(=O)CCOc1ccc(S(=O)(=O)N2CCC(CNC)C2)cc1. The van der Waals surface area contributed by atoms with Crippen LogP contribution in [0.2, 0.25) is 0 Å². The lowest BCUT2D eigenvalue weighted by atomic mass is 10.1. The average molecular weight is 391 g/mol. The van der Waals surface area contributed by atoms with Gasteiger partial charge in [0.1, 0.15) is 12.4 Å². The molecule has 1 atom stereocenters. The highest BCUT2D eigenvalue weighted by atomic mass is 32.2. The molecule has 25 heavy (non-hydrogen) atoms. The molecule has 0 saturated carbocycles. The Kier molecular flexibility index (Phi) is 6.84. The quantitative estimate of drug-likeness (QED) is 0.668.